The monoisotopic (exact) mass is 284 g/mol. The highest BCUT2D eigenvalue weighted by Crippen LogP contribution is 1.97. The summed E-state index contributed by atoms with van der Waals surface area (Å²) in [6.07, 6.45) is 5.37. The largest absolute Gasteiger partial charge is 0.394 e. The number of aromatic nitrogens is 2. The maximum Gasteiger partial charge on any atom is 0.394 e. The summed E-state index contributed by atoms with van der Waals surface area (Å²) in [7, 11) is -4.67. The van der Waals surface area contributed by atoms with E-state index in [1.807, 2.05) is 43.3 Å². The van der Waals surface area contributed by atoms with Gasteiger partial charge in [0.2, 0.25) is 0 Å². The molecule has 1 aromatic heterocycles. The van der Waals surface area contributed by atoms with Crippen LogP contribution in [0.3, 0.4) is 0 Å². The minimum Gasteiger partial charge on any atom is -0.349 e. The van der Waals surface area contributed by atoms with Gasteiger partial charge in [0.25, 0.3) is 0 Å². The number of aryl methyl sites for hydroxylation is 1. The minimum absolute atomic E-state index is 0.968. The lowest BCUT2D eigenvalue weighted by atomic mass is 10.2. The van der Waals surface area contributed by atoms with E-state index in [1.54, 1.807) is 12.4 Å². The third-order valence-corrected chi connectivity index (χ3v) is 1.67. The molecule has 2 rings (SSSR count). The number of aromatic amines is 1. The summed E-state index contributed by atoms with van der Waals surface area (Å²) < 4.78 is 31.6. The molecule has 0 unspecified atom stereocenters. The Bertz CT molecular complexity index is 543. The molecule has 1 heterocycles. The van der Waals surface area contributed by atoms with Crippen molar-refractivity contribution >= 4 is 16.5 Å². The second kappa shape index (κ2) is 9.03. The minimum atomic E-state index is -4.67. The molecule has 0 saturated carbocycles. The molecule has 0 aliphatic carbocycles. The van der Waals surface area contributed by atoms with Crippen molar-refractivity contribution < 1.29 is 17.5 Å². The maximum atomic E-state index is 8.74. The van der Waals surface area contributed by atoms with Gasteiger partial charge in [0.15, 0.2) is 0 Å². The zero-order valence-corrected chi connectivity index (χ0v) is 11.2. The number of hydrogen-bond donors (Lipinski definition) is 3. The molecule has 6 nitrogen and oxygen atoms in total. The number of nitrogens with one attached hydrogen (secondary N) is 1. The lowest BCUT2D eigenvalue weighted by Crippen LogP contribution is -1.89. The summed E-state index contributed by atoms with van der Waals surface area (Å²) in [6, 6.07) is 10.0. The molecular weight excluding hydrogens is 268 g/mol. The molecule has 0 aliphatic heterocycles. The standard InChI is InChI=1S/C8H8.C4H6N2.H2O4S/c1-2-8-6-4-3-5-7-8;1-4-5-2-3-6-4;1-5(2,3)4/h2-7H,1H2;2-3H,1H3,(H,5,6);(H2,1,2,3,4). The molecule has 0 spiro atoms. The second-order valence-electron chi connectivity index (χ2n) is 3.24. The molecule has 0 amide bonds. The fourth-order valence-corrected chi connectivity index (χ4v) is 0.933. The van der Waals surface area contributed by atoms with Crippen LogP contribution in [0.2, 0.25) is 0 Å². The Hall–Kier alpha value is -1.96. The van der Waals surface area contributed by atoms with Gasteiger partial charge in [-0.2, -0.15) is 8.42 Å². The van der Waals surface area contributed by atoms with Crippen molar-refractivity contribution in [2.45, 2.75) is 6.92 Å². The number of hydrogen-bond acceptors (Lipinski definition) is 3. The lowest BCUT2D eigenvalue weighted by molar-refractivity contribution is 0.381. The summed E-state index contributed by atoms with van der Waals surface area (Å²) in [5, 5.41) is 0. The Labute approximate surface area is 112 Å². The maximum absolute atomic E-state index is 8.74. The number of rotatable bonds is 1. The van der Waals surface area contributed by atoms with E-state index in [9.17, 15) is 0 Å². The number of nitrogens with zero attached hydrogens (tertiary/aromatic N) is 1. The zero-order chi connectivity index (χ0) is 14.7. The van der Waals surface area contributed by atoms with Gasteiger partial charge in [-0.05, 0) is 12.5 Å². The van der Waals surface area contributed by atoms with E-state index in [0.29, 0.717) is 0 Å². The third kappa shape index (κ3) is 14.0. The van der Waals surface area contributed by atoms with Gasteiger partial charge in [0.05, 0.1) is 0 Å². The molecule has 0 fully saturated rings. The van der Waals surface area contributed by atoms with Crippen LogP contribution in [0.15, 0.2) is 49.3 Å². The van der Waals surface area contributed by atoms with E-state index in [2.05, 4.69) is 16.5 Å². The van der Waals surface area contributed by atoms with Gasteiger partial charge in [0.1, 0.15) is 5.82 Å². The van der Waals surface area contributed by atoms with Crippen molar-refractivity contribution in [3.63, 3.8) is 0 Å². The predicted molar refractivity (Wildman–Crippen MR) is 74.0 cm³/mol. The van der Waals surface area contributed by atoms with E-state index in [0.717, 1.165) is 5.82 Å². The van der Waals surface area contributed by atoms with E-state index in [4.69, 9.17) is 17.5 Å². The van der Waals surface area contributed by atoms with Crippen LogP contribution in [0, 0.1) is 6.92 Å². The van der Waals surface area contributed by atoms with Crippen LogP contribution >= 0.6 is 0 Å². The molecule has 2 aromatic rings. The summed E-state index contributed by atoms with van der Waals surface area (Å²) >= 11 is 0. The average molecular weight is 284 g/mol. The van der Waals surface area contributed by atoms with Crippen molar-refractivity contribution in [1.82, 2.24) is 9.97 Å². The van der Waals surface area contributed by atoms with Crippen LogP contribution in [0.25, 0.3) is 6.08 Å². The molecular formula is C12H16N2O4S. The van der Waals surface area contributed by atoms with Crippen molar-refractivity contribution in [3.8, 4) is 0 Å². The van der Waals surface area contributed by atoms with Gasteiger partial charge in [-0.25, -0.2) is 4.98 Å². The van der Waals surface area contributed by atoms with Crippen LogP contribution in [0.4, 0.5) is 0 Å². The van der Waals surface area contributed by atoms with Gasteiger partial charge in [-0.15, -0.1) is 0 Å². The molecule has 0 radical (unpaired) electrons. The molecule has 104 valence electrons. The molecule has 0 aliphatic rings. The number of H-pyrrole nitrogens is 1. The Balaban J connectivity index is 0.000000265. The molecule has 3 N–H and O–H groups in total. The summed E-state index contributed by atoms with van der Waals surface area (Å²) in [6.45, 7) is 5.55. The fourth-order valence-electron chi connectivity index (χ4n) is 0.933. The smallest absolute Gasteiger partial charge is 0.349 e. The van der Waals surface area contributed by atoms with E-state index < -0.39 is 10.4 Å². The van der Waals surface area contributed by atoms with Crippen LogP contribution in [0.1, 0.15) is 11.4 Å². The third-order valence-electron chi connectivity index (χ3n) is 1.67. The summed E-state index contributed by atoms with van der Waals surface area (Å²) in [4.78, 5) is 6.75. The SMILES string of the molecule is C=Cc1ccccc1.Cc1ncc[nH]1.O=S(=O)(O)O. The Kier molecular flexibility index (Phi) is 8.10. The predicted octanol–water partition coefficient (Wildman–Crippen LogP) is 2.39. The van der Waals surface area contributed by atoms with Crippen LogP contribution in [-0.2, 0) is 10.4 Å². The topological polar surface area (TPSA) is 103 Å². The zero-order valence-electron chi connectivity index (χ0n) is 10.4. The molecule has 0 saturated heterocycles. The normalized spacial score (nSPS) is 9.42. The fraction of sp³-hybridized carbons (Fsp3) is 0.0833. The highest BCUT2D eigenvalue weighted by Gasteiger charge is 1.84. The van der Waals surface area contributed by atoms with Crippen LogP contribution in [-0.4, -0.2) is 27.5 Å². The molecule has 1 aromatic carbocycles. The Morgan fingerprint density at radius 2 is 1.79 bits per heavy atom. The van der Waals surface area contributed by atoms with Gasteiger partial charge < -0.3 is 4.98 Å². The van der Waals surface area contributed by atoms with Crippen LogP contribution in [0.5, 0.6) is 0 Å². The highest BCUT2D eigenvalue weighted by molar-refractivity contribution is 7.79. The Morgan fingerprint density at radius 1 is 1.26 bits per heavy atom. The van der Waals surface area contributed by atoms with Crippen molar-refractivity contribution in [3.05, 3.63) is 60.7 Å². The van der Waals surface area contributed by atoms with Gasteiger partial charge in [-0.1, -0.05) is 43.0 Å². The first-order valence-corrected chi connectivity index (χ1v) is 6.56. The quantitative estimate of drug-likeness (QED) is 0.698. The van der Waals surface area contributed by atoms with E-state index in [-0.39, 0.29) is 0 Å². The van der Waals surface area contributed by atoms with E-state index in [1.165, 1.54) is 5.56 Å². The molecule has 7 heteroatoms. The van der Waals surface area contributed by atoms with Crippen molar-refractivity contribution in [2.24, 2.45) is 0 Å². The average Bonchev–Trinajstić information content (AvgIpc) is 2.80. The Morgan fingerprint density at radius 3 is 2.00 bits per heavy atom. The van der Waals surface area contributed by atoms with Crippen molar-refractivity contribution in [1.29, 1.82) is 0 Å². The van der Waals surface area contributed by atoms with Crippen molar-refractivity contribution in [2.75, 3.05) is 0 Å². The van der Waals surface area contributed by atoms with Crippen LogP contribution < -0.4 is 0 Å². The summed E-state index contributed by atoms with van der Waals surface area (Å²) in [5.74, 6) is 0.968. The van der Waals surface area contributed by atoms with E-state index >= 15 is 0 Å². The number of imidazole rings is 1. The first-order valence-electron chi connectivity index (χ1n) is 5.16. The molecule has 0 atom stereocenters. The first-order chi connectivity index (χ1) is 8.83. The lowest BCUT2D eigenvalue weighted by Gasteiger charge is -1.85. The van der Waals surface area contributed by atoms with Gasteiger partial charge in [-0.3, -0.25) is 9.11 Å². The summed E-state index contributed by atoms with van der Waals surface area (Å²) in [5.41, 5.74) is 1.17. The first kappa shape index (κ1) is 17.0. The molecule has 19 heavy (non-hydrogen) atoms. The van der Waals surface area contributed by atoms with Gasteiger partial charge in [0, 0.05) is 12.4 Å². The second-order valence-corrected chi connectivity index (χ2v) is 4.13. The molecule has 0 bridgehead atoms. The van der Waals surface area contributed by atoms with Gasteiger partial charge >= 0.3 is 10.4 Å². The highest BCUT2D eigenvalue weighted by atomic mass is 32.3. The number of benzene rings is 1.